The molecular formula is C17H30N2O2. The first kappa shape index (κ1) is 15.3. The highest BCUT2D eigenvalue weighted by atomic mass is 16.3. The monoisotopic (exact) mass is 294 g/mol. The maximum atomic E-state index is 12.8. The highest BCUT2D eigenvalue weighted by Gasteiger charge is 2.42. The Balaban J connectivity index is 1.59. The van der Waals surface area contributed by atoms with Gasteiger partial charge in [-0.15, -0.1) is 0 Å². The van der Waals surface area contributed by atoms with E-state index < -0.39 is 0 Å². The number of carbonyl (C=O) groups is 1. The molecule has 1 amide bonds. The summed E-state index contributed by atoms with van der Waals surface area (Å²) in [7, 11) is 0. The van der Waals surface area contributed by atoms with Crippen molar-refractivity contribution in [3.63, 3.8) is 0 Å². The molecule has 1 aliphatic heterocycles. The lowest BCUT2D eigenvalue weighted by molar-refractivity contribution is -0.136. The van der Waals surface area contributed by atoms with Gasteiger partial charge < -0.3 is 10.0 Å². The van der Waals surface area contributed by atoms with Gasteiger partial charge in [-0.05, 0) is 64.3 Å². The van der Waals surface area contributed by atoms with Gasteiger partial charge in [-0.25, -0.2) is 0 Å². The zero-order valence-corrected chi connectivity index (χ0v) is 13.3. The first-order valence-corrected chi connectivity index (χ1v) is 8.86. The van der Waals surface area contributed by atoms with Crippen LogP contribution in [0.3, 0.4) is 0 Å². The number of hydrogen-bond acceptors (Lipinski definition) is 3. The van der Waals surface area contributed by atoms with E-state index in [0.717, 1.165) is 25.3 Å². The minimum atomic E-state index is 0.236. The largest absolute Gasteiger partial charge is 0.396 e. The molecule has 0 bridgehead atoms. The highest BCUT2D eigenvalue weighted by Crippen LogP contribution is 2.39. The molecule has 1 heterocycles. The molecule has 2 aliphatic carbocycles. The lowest BCUT2D eigenvalue weighted by Crippen LogP contribution is -2.50. The number of amides is 1. The van der Waals surface area contributed by atoms with Crippen LogP contribution < -0.4 is 0 Å². The van der Waals surface area contributed by atoms with Crippen molar-refractivity contribution in [2.75, 3.05) is 19.7 Å². The van der Waals surface area contributed by atoms with E-state index in [4.69, 9.17) is 0 Å². The second kappa shape index (κ2) is 6.66. The first-order valence-electron chi connectivity index (χ1n) is 8.86. The predicted octanol–water partition coefficient (Wildman–Crippen LogP) is 2.01. The number of nitrogens with zero attached hydrogens (tertiary/aromatic N) is 2. The van der Waals surface area contributed by atoms with Crippen molar-refractivity contribution in [3.8, 4) is 0 Å². The molecule has 4 heteroatoms. The average Bonchev–Trinajstić information content (AvgIpc) is 3.34. The summed E-state index contributed by atoms with van der Waals surface area (Å²) < 4.78 is 0. The van der Waals surface area contributed by atoms with Gasteiger partial charge >= 0.3 is 0 Å². The fourth-order valence-corrected chi connectivity index (χ4v) is 3.92. The van der Waals surface area contributed by atoms with Crippen LogP contribution >= 0.6 is 0 Å². The Labute approximate surface area is 128 Å². The summed E-state index contributed by atoms with van der Waals surface area (Å²) >= 11 is 0. The zero-order valence-electron chi connectivity index (χ0n) is 13.3. The number of rotatable bonds is 7. The molecule has 0 aromatic heterocycles. The van der Waals surface area contributed by atoms with Crippen LogP contribution in [0.15, 0.2) is 0 Å². The Bertz CT molecular complexity index is 364. The molecule has 1 N–H and O–H groups in total. The van der Waals surface area contributed by atoms with Crippen LogP contribution in [-0.4, -0.2) is 58.6 Å². The number of carbonyl (C=O) groups excluding carboxylic acids is 1. The summed E-state index contributed by atoms with van der Waals surface area (Å²) in [4.78, 5) is 17.4. The topological polar surface area (TPSA) is 43.8 Å². The Morgan fingerprint density at radius 3 is 2.62 bits per heavy atom. The summed E-state index contributed by atoms with van der Waals surface area (Å²) in [6.45, 7) is 4.07. The minimum Gasteiger partial charge on any atom is -0.396 e. The molecule has 3 fully saturated rings. The first-order chi connectivity index (χ1) is 10.2. The van der Waals surface area contributed by atoms with Gasteiger partial charge in [-0.3, -0.25) is 9.69 Å². The molecule has 0 spiro atoms. The maximum Gasteiger partial charge on any atom is 0.237 e. The van der Waals surface area contributed by atoms with E-state index in [1.165, 1.54) is 38.5 Å². The highest BCUT2D eigenvalue weighted by molar-refractivity contribution is 5.79. The fourth-order valence-electron chi connectivity index (χ4n) is 3.92. The van der Waals surface area contributed by atoms with Gasteiger partial charge in [0.15, 0.2) is 0 Å². The summed E-state index contributed by atoms with van der Waals surface area (Å²) in [5.41, 5.74) is 0. The second-order valence-corrected chi connectivity index (χ2v) is 7.24. The Morgan fingerprint density at radius 2 is 2.00 bits per heavy atom. The number of likely N-dealkylation sites (tertiary alicyclic amines) is 1. The maximum absolute atomic E-state index is 12.8. The minimum absolute atomic E-state index is 0.236. The van der Waals surface area contributed by atoms with Crippen LogP contribution in [-0.2, 0) is 4.79 Å². The van der Waals surface area contributed by atoms with E-state index in [0.29, 0.717) is 30.6 Å². The van der Waals surface area contributed by atoms with Crippen LogP contribution in [0.5, 0.6) is 0 Å². The van der Waals surface area contributed by atoms with E-state index in [2.05, 4.69) is 16.7 Å². The van der Waals surface area contributed by atoms with E-state index in [1.807, 2.05) is 0 Å². The van der Waals surface area contributed by atoms with E-state index >= 15 is 0 Å². The molecule has 0 aromatic rings. The van der Waals surface area contributed by atoms with Crippen molar-refractivity contribution < 1.29 is 9.90 Å². The van der Waals surface area contributed by atoms with Crippen LogP contribution in [0.2, 0.25) is 0 Å². The summed E-state index contributed by atoms with van der Waals surface area (Å²) in [5.74, 6) is 1.09. The van der Waals surface area contributed by atoms with Crippen molar-refractivity contribution in [1.29, 1.82) is 0 Å². The van der Waals surface area contributed by atoms with Crippen LogP contribution in [0, 0.1) is 5.92 Å². The van der Waals surface area contributed by atoms with Crippen molar-refractivity contribution in [2.45, 2.75) is 76.4 Å². The van der Waals surface area contributed by atoms with Crippen LogP contribution in [0.25, 0.3) is 0 Å². The SMILES string of the molecule is CC(C1CC1)N(C(=O)CN1CCCCC1CCO)C1CC1. The molecular weight excluding hydrogens is 264 g/mol. The summed E-state index contributed by atoms with van der Waals surface area (Å²) in [5, 5.41) is 9.23. The number of aliphatic hydroxyl groups is 1. The summed E-state index contributed by atoms with van der Waals surface area (Å²) in [6, 6.07) is 1.37. The molecule has 3 rings (SSSR count). The van der Waals surface area contributed by atoms with Gasteiger partial charge in [0.05, 0.1) is 6.54 Å². The molecule has 2 atom stereocenters. The van der Waals surface area contributed by atoms with E-state index in [1.54, 1.807) is 0 Å². The third-order valence-electron chi connectivity index (χ3n) is 5.52. The van der Waals surface area contributed by atoms with Crippen molar-refractivity contribution >= 4 is 5.91 Å². The zero-order chi connectivity index (χ0) is 14.8. The smallest absolute Gasteiger partial charge is 0.237 e. The Kier molecular flexibility index (Phi) is 4.85. The quantitative estimate of drug-likeness (QED) is 0.781. The number of piperidine rings is 1. The van der Waals surface area contributed by atoms with E-state index in [9.17, 15) is 9.90 Å². The molecule has 21 heavy (non-hydrogen) atoms. The molecule has 120 valence electrons. The van der Waals surface area contributed by atoms with Gasteiger partial charge in [-0.1, -0.05) is 6.42 Å². The molecule has 0 radical (unpaired) electrons. The van der Waals surface area contributed by atoms with Gasteiger partial charge in [0.25, 0.3) is 0 Å². The third kappa shape index (κ3) is 3.78. The summed E-state index contributed by atoms with van der Waals surface area (Å²) in [6.07, 6.45) is 9.37. The average molecular weight is 294 g/mol. The normalized spacial score (nSPS) is 28.4. The second-order valence-electron chi connectivity index (χ2n) is 7.24. The molecule has 3 aliphatic rings. The molecule has 4 nitrogen and oxygen atoms in total. The molecule has 1 saturated heterocycles. The van der Waals surface area contributed by atoms with Gasteiger partial charge in [0, 0.05) is 24.7 Å². The number of hydrogen-bond donors (Lipinski definition) is 1. The standard InChI is InChI=1S/C17H30N2O2/c1-13(14-5-6-14)19(16-7-8-16)17(21)12-18-10-3-2-4-15(18)9-11-20/h13-16,20H,2-12H2,1H3. The predicted molar refractivity (Wildman–Crippen MR) is 83.0 cm³/mol. The van der Waals surface area contributed by atoms with Crippen molar-refractivity contribution in [1.82, 2.24) is 9.80 Å². The Morgan fingerprint density at radius 1 is 1.24 bits per heavy atom. The van der Waals surface area contributed by atoms with E-state index in [-0.39, 0.29) is 6.61 Å². The lowest BCUT2D eigenvalue weighted by Gasteiger charge is -2.38. The Hall–Kier alpha value is -0.610. The molecule has 2 unspecified atom stereocenters. The van der Waals surface area contributed by atoms with Crippen molar-refractivity contribution in [3.05, 3.63) is 0 Å². The molecule has 2 saturated carbocycles. The van der Waals surface area contributed by atoms with Gasteiger partial charge in [0.2, 0.25) is 5.91 Å². The number of aliphatic hydroxyl groups excluding tert-OH is 1. The van der Waals surface area contributed by atoms with Crippen molar-refractivity contribution in [2.24, 2.45) is 5.92 Å². The van der Waals surface area contributed by atoms with Gasteiger partial charge in [0.1, 0.15) is 0 Å². The van der Waals surface area contributed by atoms with Crippen LogP contribution in [0.4, 0.5) is 0 Å². The fraction of sp³-hybridized carbons (Fsp3) is 0.941. The molecule has 0 aromatic carbocycles. The van der Waals surface area contributed by atoms with Crippen LogP contribution in [0.1, 0.15) is 58.3 Å². The third-order valence-corrected chi connectivity index (χ3v) is 5.52. The lowest BCUT2D eigenvalue weighted by atomic mass is 9.99. The van der Waals surface area contributed by atoms with Gasteiger partial charge in [-0.2, -0.15) is 0 Å².